The maximum absolute atomic E-state index is 12.4. The van der Waals surface area contributed by atoms with Crippen LogP contribution in [0.4, 0.5) is 13.2 Å². The number of rotatable bonds is 4. The molecule has 2 N–H and O–H groups in total. The third kappa shape index (κ3) is 3.50. The van der Waals surface area contributed by atoms with E-state index in [0.29, 0.717) is 6.54 Å². The SMILES string of the molecule is CCNCC(O)c1cccc(C(F)(F)F)c1. The fourth-order valence-corrected chi connectivity index (χ4v) is 1.32. The van der Waals surface area contributed by atoms with Gasteiger partial charge in [-0.1, -0.05) is 19.1 Å². The highest BCUT2D eigenvalue weighted by molar-refractivity contribution is 5.27. The number of aliphatic hydroxyl groups is 1. The van der Waals surface area contributed by atoms with Crippen LogP contribution >= 0.6 is 0 Å². The van der Waals surface area contributed by atoms with Crippen LogP contribution in [0.3, 0.4) is 0 Å². The van der Waals surface area contributed by atoms with Crippen molar-refractivity contribution >= 4 is 0 Å². The van der Waals surface area contributed by atoms with Crippen LogP contribution in [0.5, 0.6) is 0 Å². The fraction of sp³-hybridized carbons (Fsp3) is 0.455. The smallest absolute Gasteiger partial charge is 0.387 e. The van der Waals surface area contributed by atoms with E-state index in [9.17, 15) is 18.3 Å². The molecule has 0 bridgehead atoms. The lowest BCUT2D eigenvalue weighted by Crippen LogP contribution is -2.21. The van der Waals surface area contributed by atoms with Gasteiger partial charge in [0.15, 0.2) is 0 Å². The number of alkyl halides is 3. The maximum Gasteiger partial charge on any atom is 0.416 e. The predicted molar refractivity (Wildman–Crippen MR) is 54.9 cm³/mol. The van der Waals surface area contributed by atoms with Crippen molar-refractivity contribution in [3.8, 4) is 0 Å². The van der Waals surface area contributed by atoms with Crippen LogP contribution in [0.25, 0.3) is 0 Å². The van der Waals surface area contributed by atoms with E-state index in [1.807, 2.05) is 6.92 Å². The molecule has 0 fully saturated rings. The summed E-state index contributed by atoms with van der Waals surface area (Å²) in [5.41, 5.74) is -0.462. The number of halogens is 3. The van der Waals surface area contributed by atoms with Gasteiger partial charge in [0, 0.05) is 6.54 Å². The number of benzene rings is 1. The van der Waals surface area contributed by atoms with E-state index in [1.165, 1.54) is 12.1 Å². The number of nitrogens with one attached hydrogen (secondary N) is 1. The first kappa shape index (κ1) is 13.0. The summed E-state index contributed by atoms with van der Waals surface area (Å²) in [6, 6.07) is 4.75. The maximum atomic E-state index is 12.4. The third-order valence-corrected chi connectivity index (χ3v) is 2.19. The summed E-state index contributed by atoms with van der Waals surface area (Å²) in [6.07, 6.45) is -5.28. The van der Waals surface area contributed by atoms with Gasteiger partial charge >= 0.3 is 6.18 Å². The van der Waals surface area contributed by atoms with Crippen molar-refractivity contribution in [2.75, 3.05) is 13.1 Å². The van der Waals surface area contributed by atoms with Crippen LogP contribution < -0.4 is 5.32 Å². The molecule has 5 heteroatoms. The van der Waals surface area contributed by atoms with Crippen molar-refractivity contribution in [3.05, 3.63) is 35.4 Å². The Labute approximate surface area is 92.1 Å². The molecule has 0 saturated heterocycles. The van der Waals surface area contributed by atoms with Crippen LogP contribution in [0.15, 0.2) is 24.3 Å². The van der Waals surface area contributed by atoms with Crippen LogP contribution in [0, 0.1) is 0 Å². The highest BCUT2D eigenvalue weighted by atomic mass is 19.4. The number of hydrogen-bond donors (Lipinski definition) is 2. The largest absolute Gasteiger partial charge is 0.416 e. The van der Waals surface area contributed by atoms with Gasteiger partial charge in [0.25, 0.3) is 0 Å². The molecule has 0 spiro atoms. The first-order valence-electron chi connectivity index (χ1n) is 5.01. The standard InChI is InChI=1S/C11H14F3NO/c1-2-15-7-10(16)8-4-3-5-9(6-8)11(12,13)14/h3-6,10,15-16H,2,7H2,1H3. The summed E-state index contributed by atoms with van der Waals surface area (Å²) in [5, 5.41) is 12.5. The van der Waals surface area contributed by atoms with Crippen molar-refractivity contribution in [3.63, 3.8) is 0 Å². The molecule has 0 aliphatic heterocycles. The highest BCUT2D eigenvalue weighted by Gasteiger charge is 2.30. The molecule has 0 radical (unpaired) electrons. The predicted octanol–water partition coefficient (Wildman–Crippen LogP) is 2.35. The highest BCUT2D eigenvalue weighted by Crippen LogP contribution is 2.30. The Balaban J connectivity index is 2.82. The van der Waals surface area contributed by atoms with E-state index in [-0.39, 0.29) is 12.1 Å². The Morgan fingerprint density at radius 1 is 1.38 bits per heavy atom. The fourth-order valence-electron chi connectivity index (χ4n) is 1.32. The normalized spacial score (nSPS) is 13.8. The molecule has 0 aliphatic rings. The summed E-state index contributed by atoms with van der Waals surface area (Å²) in [4.78, 5) is 0. The molecule has 1 unspecified atom stereocenters. The summed E-state index contributed by atoms with van der Waals surface area (Å²) < 4.78 is 37.2. The summed E-state index contributed by atoms with van der Waals surface area (Å²) >= 11 is 0. The molecular weight excluding hydrogens is 219 g/mol. The zero-order valence-electron chi connectivity index (χ0n) is 8.88. The molecule has 0 aromatic heterocycles. The van der Waals surface area contributed by atoms with Gasteiger partial charge in [-0.05, 0) is 24.2 Å². The zero-order chi connectivity index (χ0) is 12.2. The molecular formula is C11H14F3NO. The van der Waals surface area contributed by atoms with Gasteiger partial charge < -0.3 is 10.4 Å². The van der Waals surface area contributed by atoms with Crippen LogP contribution in [-0.2, 0) is 6.18 Å². The van der Waals surface area contributed by atoms with E-state index < -0.39 is 17.8 Å². The van der Waals surface area contributed by atoms with Gasteiger partial charge in [0.1, 0.15) is 0 Å². The topological polar surface area (TPSA) is 32.3 Å². The average Bonchev–Trinajstić information content (AvgIpc) is 2.25. The lowest BCUT2D eigenvalue weighted by atomic mass is 10.1. The molecule has 1 aromatic carbocycles. The minimum atomic E-state index is -4.37. The van der Waals surface area contributed by atoms with Crippen molar-refractivity contribution in [2.45, 2.75) is 19.2 Å². The van der Waals surface area contributed by atoms with Crippen LogP contribution in [0.2, 0.25) is 0 Å². The Morgan fingerprint density at radius 3 is 2.62 bits per heavy atom. The van der Waals surface area contributed by atoms with E-state index >= 15 is 0 Å². The van der Waals surface area contributed by atoms with Gasteiger partial charge in [-0.3, -0.25) is 0 Å². The average molecular weight is 233 g/mol. The Bertz CT molecular complexity index is 338. The second-order valence-electron chi connectivity index (χ2n) is 3.45. The lowest BCUT2D eigenvalue weighted by molar-refractivity contribution is -0.137. The first-order valence-corrected chi connectivity index (χ1v) is 5.01. The van der Waals surface area contributed by atoms with E-state index in [0.717, 1.165) is 12.1 Å². The van der Waals surface area contributed by atoms with E-state index in [2.05, 4.69) is 5.32 Å². The molecule has 90 valence electrons. The molecule has 1 aromatic rings. The van der Waals surface area contributed by atoms with Gasteiger partial charge in [-0.15, -0.1) is 0 Å². The quantitative estimate of drug-likeness (QED) is 0.836. The monoisotopic (exact) mass is 233 g/mol. The minimum Gasteiger partial charge on any atom is -0.387 e. The lowest BCUT2D eigenvalue weighted by Gasteiger charge is -2.13. The summed E-state index contributed by atoms with van der Waals surface area (Å²) in [5.74, 6) is 0. The second-order valence-corrected chi connectivity index (χ2v) is 3.45. The summed E-state index contributed by atoms with van der Waals surface area (Å²) in [7, 11) is 0. The van der Waals surface area contributed by atoms with Gasteiger partial charge in [0.05, 0.1) is 11.7 Å². The summed E-state index contributed by atoms with van der Waals surface area (Å²) in [6.45, 7) is 2.77. The molecule has 1 rings (SSSR count). The molecule has 2 nitrogen and oxygen atoms in total. The molecule has 0 saturated carbocycles. The number of aliphatic hydroxyl groups excluding tert-OH is 1. The van der Waals surface area contributed by atoms with Crippen LogP contribution in [-0.4, -0.2) is 18.2 Å². The van der Waals surface area contributed by atoms with E-state index in [4.69, 9.17) is 0 Å². The van der Waals surface area contributed by atoms with E-state index in [1.54, 1.807) is 0 Å². The number of likely N-dealkylation sites (N-methyl/N-ethyl adjacent to an activating group) is 1. The van der Waals surface area contributed by atoms with Crippen molar-refractivity contribution in [1.82, 2.24) is 5.32 Å². The van der Waals surface area contributed by atoms with Crippen molar-refractivity contribution < 1.29 is 18.3 Å². The second kappa shape index (κ2) is 5.32. The molecule has 0 amide bonds. The Hall–Kier alpha value is -1.07. The zero-order valence-corrected chi connectivity index (χ0v) is 8.88. The molecule has 16 heavy (non-hydrogen) atoms. The minimum absolute atomic E-state index is 0.248. The van der Waals surface area contributed by atoms with Gasteiger partial charge in [0.2, 0.25) is 0 Å². The van der Waals surface area contributed by atoms with Gasteiger partial charge in [-0.25, -0.2) is 0 Å². The van der Waals surface area contributed by atoms with Crippen LogP contribution in [0.1, 0.15) is 24.2 Å². The first-order chi connectivity index (χ1) is 7.45. The van der Waals surface area contributed by atoms with Gasteiger partial charge in [-0.2, -0.15) is 13.2 Å². The van der Waals surface area contributed by atoms with Crippen molar-refractivity contribution in [1.29, 1.82) is 0 Å². The Morgan fingerprint density at radius 2 is 2.06 bits per heavy atom. The van der Waals surface area contributed by atoms with Crippen molar-refractivity contribution in [2.24, 2.45) is 0 Å². The number of hydrogen-bond acceptors (Lipinski definition) is 2. The molecule has 1 atom stereocenters. The third-order valence-electron chi connectivity index (χ3n) is 2.19. The molecule has 0 heterocycles. The molecule has 0 aliphatic carbocycles. The Kier molecular flexibility index (Phi) is 4.32.